The van der Waals surface area contributed by atoms with Crippen molar-refractivity contribution in [3.05, 3.63) is 29.8 Å². The van der Waals surface area contributed by atoms with Crippen LogP contribution in [-0.4, -0.2) is 12.2 Å². The highest BCUT2D eigenvalue weighted by atomic mass is 35.5. The van der Waals surface area contributed by atoms with E-state index in [9.17, 15) is 0 Å². The number of nitrogens with two attached hydrogens (primary N) is 3. The highest BCUT2D eigenvalue weighted by Crippen LogP contribution is 2.06. The summed E-state index contributed by atoms with van der Waals surface area (Å²) in [5, 5.41) is 7.08. The van der Waals surface area contributed by atoms with E-state index in [0.717, 1.165) is 5.56 Å². The zero-order valence-electron chi connectivity index (χ0n) is 7.42. The number of halogens is 1. The molecule has 1 aromatic carbocycles. The fourth-order valence-corrected chi connectivity index (χ4v) is 0.786. The SMILES string of the molecule is Cl.NC(N)=N/N=C/c1ccccc1N. The Morgan fingerprint density at radius 3 is 2.43 bits per heavy atom. The van der Waals surface area contributed by atoms with E-state index < -0.39 is 0 Å². The molecule has 0 saturated carbocycles. The fourth-order valence-electron chi connectivity index (χ4n) is 0.786. The van der Waals surface area contributed by atoms with E-state index in [1.807, 2.05) is 18.2 Å². The second kappa shape index (κ2) is 5.82. The number of para-hydroxylation sites is 1. The standard InChI is InChI=1S/C8H11N5.ClH/c9-7-4-2-1-3-6(7)5-12-13-8(10)11;/h1-5H,9H2,(H4,10,11,13);1H/b12-5+;. The van der Waals surface area contributed by atoms with Crippen molar-refractivity contribution in [3.8, 4) is 0 Å². The van der Waals surface area contributed by atoms with Crippen molar-refractivity contribution in [1.29, 1.82) is 0 Å². The van der Waals surface area contributed by atoms with Crippen LogP contribution in [0.5, 0.6) is 0 Å². The van der Waals surface area contributed by atoms with Crippen molar-refractivity contribution in [1.82, 2.24) is 0 Å². The van der Waals surface area contributed by atoms with Gasteiger partial charge >= 0.3 is 0 Å². The molecule has 76 valence electrons. The van der Waals surface area contributed by atoms with Gasteiger partial charge in [0.05, 0.1) is 6.21 Å². The van der Waals surface area contributed by atoms with Gasteiger partial charge in [0.2, 0.25) is 5.96 Å². The molecule has 0 heterocycles. The summed E-state index contributed by atoms with van der Waals surface area (Å²) >= 11 is 0. The average molecular weight is 214 g/mol. The van der Waals surface area contributed by atoms with Gasteiger partial charge in [-0.2, -0.15) is 5.10 Å². The molecule has 6 heteroatoms. The minimum atomic E-state index is -0.0780. The molecule has 0 fully saturated rings. The summed E-state index contributed by atoms with van der Waals surface area (Å²) in [6.45, 7) is 0. The summed E-state index contributed by atoms with van der Waals surface area (Å²) in [4.78, 5) is 0. The smallest absolute Gasteiger partial charge is 0.211 e. The van der Waals surface area contributed by atoms with E-state index in [4.69, 9.17) is 17.2 Å². The highest BCUT2D eigenvalue weighted by Gasteiger charge is 1.91. The van der Waals surface area contributed by atoms with Crippen LogP contribution in [0, 0.1) is 0 Å². The fraction of sp³-hybridized carbons (Fsp3) is 0. The summed E-state index contributed by atoms with van der Waals surface area (Å²) in [5.41, 5.74) is 17.2. The molecule has 1 rings (SSSR count). The maximum atomic E-state index is 5.64. The summed E-state index contributed by atoms with van der Waals surface area (Å²) in [5.74, 6) is -0.0780. The first-order chi connectivity index (χ1) is 6.20. The maximum Gasteiger partial charge on any atom is 0.211 e. The summed E-state index contributed by atoms with van der Waals surface area (Å²) in [7, 11) is 0. The van der Waals surface area contributed by atoms with Gasteiger partial charge in [-0.15, -0.1) is 17.5 Å². The molecular formula is C8H12ClN5. The zero-order chi connectivity index (χ0) is 9.68. The highest BCUT2D eigenvalue weighted by molar-refractivity contribution is 5.87. The Kier molecular flexibility index (Phi) is 5.09. The van der Waals surface area contributed by atoms with Gasteiger partial charge in [0.25, 0.3) is 0 Å². The van der Waals surface area contributed by atoms with Crippen molar-refractivity contribution >= 4 is 30.3 Å². The van der Waals surface area contributed by atoms with Crippen molar-refractivity contribution < 1.29 is 0 Å². The minimum absolute atomic E-state index is 0. The van der Waals surface area contributed by atoms with E-state index in [2.05, 4.69) is 10.2 Å². The zero-order valence-corrected chi connectivity index (χ0v) is 8.24. The van der Waals surface area contributed by atoms with Gasteiger partial charge in [-0.25, -0.2) is 0 Å². The Morgan fingerprint density at radius 2 is 1.86 bits per heavy atom. The van der Waals surface area contributed by atoms with Crippen LogP contribution in [0.4, 0.5) is 5.69 Å². The second-order valence-electron chi connectivity index (χ2n) is 2.40. The van der Waals surface area contributed by atoms with Crippen LogP contribution in [0.25, 0.3) is 0 Å². The van der Waals surface area contributed by atoms with Crippen molar-refractivity contribution in [2.45, 2.75) is 0 Å². The van der Waals surface area contributed by atoms with Gasteiger partial charge in [-0.1, -0.05) is 18.2 Å². The predicted molar refractivity (Wildman–Crippen MR) is 61.5 cm³/mol. The van der Waals surface area contributed by atoms with Crippen molar-refractivity contribution in [2.75, 3.05) is 5.73 Å². The first kappa shape index (κ1) is 12.2. The lowest BCUT2D eigenvalue weighted by molar-refractivity contribution is 1.21. The number of benzene rings is 1. The number of hydrogen-bond donors (Lipinski definition) is 3. The molecule has 0 bridgehead atoms. The van der Waals surface area contributed by atoms with Gasteiger partial charge < -0.3 is 17.2 Å². The molecule has 1 aromatic rings. The molecular weight excluding hydrogens is 202 g/mol. The summed E-state index contributed by atoms with van der Waals surface area (Å²) < 4.78 is 0. The molecule has 0 aromatic heterocycles. The van der Waals surface area contributed by atoms with Crippen LogP contribution in [0.2, 0.25) is 0 Å². The van der Waals surface area contributed by atoms with Crippen LogP contribution in [-0.2, 0) is 0 Å². The molecule has 0 spiro atoms. The second-order valence-corrected chi connectivity index (χ2v) is 2.40. The van der Waals surface area contributed by atoms with E-state index in [-0.39, 0.29) is 18.4 Å². The third-order valence-corrected chi connectivity index (χ3v) is 1.37. The lowest BCUT2D eigenvalue weighted by Gasteiger charge is -1.95. The first-order valence-corrected chi connectivity index (χ1v) is 3.66. The molecule has 0 amide bonds. The Bertz CT molecular complexity index is 343. The quantitative estimate of drug-likeness (QED) is 0.285. The van der Waals surface area contributed by atoms with Gasteiger partial charge in [0.15, 0.2) is 0 Å². The normalized spacial score (nSPS) is 9.43. The predicted octanol–water partition coefficient (Wildman–Crippen LogP) is 0.298. The summed E-state index contributed by atoms with van der Waals surface area (Å²) in [6.07, 6.45) is 1.50. The Balaban J connectivity index is 0.00000169. The van der Waals surface area contributed by atoms with Gasteiger partial charge in [0.1, 0.15) is 0 Å². The molecule has 0 aliphatic heterocycles. The number of guanidine groups is 1. The lowest BCUT2D eigenvalue weighted by atomic mass is 10.2. The van der Waals surface area contributed by atoms with E-state index in [1.54, 1.807) is 6.07 Å². The average Bonchev–Trinajstić information content (AvgIpc) is 2.08. The molecule has 0 unspecified atom stereocenters. The maximum absolute atomic E-state index is 5.64. The number of hydrogen-bond acceptors (Lipinski definition) is 3. The number of nitrogens with zero attached hydrogens (tertiary/aromatic N) is 2. The van der Waals surface area contributed by atoms with E-state index >= 15 is 0 Å². The third kappa shape index (κ3) is 3.77. The first-order valence-electron chi connectivity index (χ1n) is 3.66. The Labute approximate surface area is 88.1 Å². The van der Waals surface area contributed by atoms with Gasteiger partial charge in [-0.05, 0) is 6.07 Å². The lowest BCUT2D eigenvalue weighted by Crippen LogP contribution is -2.21. The molecule has 0 aliphatic carbocycles. The van der Waals surface area contributed by atoms with Crippen LogP contribution >= 0.6 is 12.4 Å². The molecule has 0 aliphatic rings. The number of anilines is 1. The van der Waals surface area contributed by atoms with Crippen LogP contribution in [0.3, 0.4) is 0 Å². The largest absolute Gasteiger partial charge is 0.398 e. The molecule has 0 saturated heterocycles. The van der Waals surface area contributed by atoms with Gasteiger partial charge in [0, 0.05) is 11.3 Å². The van der Waals surface area contributed by atoms with Crippen LogP contribution in [0.15, 0.2) is 34.5 Å². The number of rotatable bonds is 2. The topological polar surface area (TPSA) is 103 Å². The molecule has 5 nitrogen and oxygen atoms in total. The molecule has 14 heavy (non-hydrogen) atoms. The van der Waals surface area contributed by atoms with Gasteiger partial charge in [-0.3, -0.25) is 0 Å². The monoisotopic (exact) mass is 213 g/mol. The minimum Gasteiger partial charge on any atom is -0.398 e. The van der Waals surface area contributed by atoms with E-state index in [0.29, 0.717) is 5.69 Å². The van der Waals surface area contributed by atoms with Crippen molar-refractivity contribution in [2.24, 2.45) is 21.7 Å². The Morgan fingerprint density at radius 1 is 1.21 bits per heavy atom. The number of nitrogen functional groups attached to an aromatic ring is 1. The Hall–Kier alpha value is -1.75. The molecule has 0 radical (unpaired) electrons. The van der Waals surface area contributed by atoms with Crippen molar-refractivity contribution in [3.63, 3.8) is 0 Å². The third-order valence-electron chi connectivity index (χ3n) is 1.37. The molecule has 0 atom stereocenters. The van der Waals surface area contributed by atoms with Crippen LogP contribution < -0.4 is 17.2 Å². The van der Waals surface area contributed by atoms with Crippen LogP contribution in [0.1, 0.15) is 5.56 Å². The summed E-state index contributed by atoms with van der Waals surface area (Å²) in [6, 6.07) is 7.29. The molecule has 6 N–H and O–H groups in total. The van der Waals surface area contributed by atoms with E-state index in [1.165, 1.54) is 6.21 Å².